The van der Waals surface area contributed by atoms with Gasteiger partial charge in [-0.25, -0.2) is 17.9 Å². The van der Waals surface area contributed by atoms with Gasteiger partial charge >= 0.3 is 5.97 Å². The Kier molecular flexibility index (Phi) is 4.25. The summed E-state index contributed by atoms with van der Waals surface area (Å²) in [5.41, 5.74) is -0.573. The van der Waals surface area contributed by atoms with Crippen molar-refractivity contribution in [1.29, 1.82) is 0 Å². The molecule has 6 nitrogen and oxygen atoms in total. The van der Waals surface area contributed by atoms with Gasteiger partial charge in [-0.05, 0) is 38.0 Å². The average molecular weight is 313 g/mol. The van der Waals surface area contributed by atoms with E-state index in [1.807, 2.05) is 6.92 Å². The number of carbonyl (C=O) groups is 1. The van der Waals surface area contributed by atoms with Crippen molar-refractivity contribution in [2.75, 3.05) is 7.11 Å². The fraction of sp³-hybridized carbons (Fsp3) is 0.500. The van der Waals surface area contributed by atoms with Crippen molar-refractivity contribution in [3.05, 3.63) is 23.8 Å². The topological polar surface area (TPSA) is 92.7 Å². The minimum atomic E-state index is -3.84. The molecule has 0 amide bonds. The van der Waals surface area contributed by atoms with Crippen molar-refractivity contribution in [3.8, 4) is 5.75 Å². The van der Waals surface area contributed by atoms with Crippen molar-refractivity contribution in [2.45, 2.75) is 43.0 Å². The van der Waals surface area contributed by atoms with Crippen molar-refractivity contribution in [2.24, 2.45) is 0 Å². The smallest absolute Gasteiger partial charge is 0.335 e. The second-order valence-corrected chi connectivity index (χ2v) is 7.19. The highest BCUT2D eigenvalue weighted by Crippen LogP contribution is 2.32. The first-order valence-corrected chi connectivity index (χ1v) is 8.21. The zero-order chi connectivity index (χ0) is 15.7. The number of carboxylic acid groups (broad SMARTS) is 1. The molecule has 7 heteroatoms. The first-order chi connectivity index (χ1) is 9.77. The van der Waals surface area contributed by atoms with E-state index in [0.717, 1.165) is 31.7 Å². The molecule has 116 valence electrons. The number of ether oxygens (including phenoxy) is 1. The predicted molar refractivity (Wildman–Crippen MR) is 77.1 cm³/mol. The quantitative estimate of drug-likeness (QED) is 0.867. The minimum absolute atomic E-state index is 0.0900. The summed E-state index contributed by atoms with van der Waals surface area (Å²) in [5, 5.41) is 9.02. The standard InChI is InChI=1S/C14H19NO5S/c1-14(7-3-4-8-14)15-21(18,19)12-9-10(13(16)17)5-6-11(12)20-2/h5-6,9,15H,3-4,7-8H2,1-2H3,(H,16,17). The number of benzene rings is 1. The maximum absolute atomic E-state index is 12.6. The van der Waals surface area contributed by atoms with E-state index in [9.17, 15) is 13.2 Å². The summed E-state index contributed by atoms with van der Waals surface area (Å²) in [4.78, 5) is 10.9. The summed E-state index contributed by atoms with van der Waals surface area (Å²) in [6.07, 6.45) is 3.50. The number of rotatable bonds is 5. The third-order valence-electron chi connectivity index (χ3n) is 3.79. The zero-order valence-electron chi connectivity index (χ0n) is 12.0. The first kappa shape index (κ1) is 15.8. The molecule has 0 aliphatic heterocycles. The number of hydrogen-bond donors (Lipinski definition) is 2. The molecule has 1 aromatic carbocycles. The number of nitrogens with one attached hydrogen (secondary N) is 1. The molecule has 0 radical (unpaired) electrons. The Balaban J connectivity index is 2.42. The molecule has 0 bridgehead atoms. The first-order valence-electron chi connectivity index (χ1n) is 6.73. The van der Waals surface area contributed by atoms with Crippen LogP contribution in [-0.4, -0.2) is 32.1 Å². The van der Waals surface area contributed by atoms with Gasteiger partial charge in [0, 0.05) is 5.54 Å². The van der Waals surface area contributed by atoms with Crippen LogP contribution in [0.2, 0.25) is 0 Å². The molecule has 1 fully saturated rings. The van der Waals surface area contributed by atoms with Crippen LogP contribution >= 0.6 is 0 Å². The lowest BCUT2D eigenvalue weighted by Gasteiger charge is -2.25. The summed E-state index contributed by atoms with van der Waals surface area (Å²) in [6.45, 7) is 1.87. The molecule has 1 aromatic rings. The second kappa shape index (κ2) is 5.65. The number of carboxylic acids is 1. The highest BCUT2D eigenvalue weighted by molar-refractivity contribution is 7.89. The van der Waals surface area contributed by atoms with Crippen LogP contribution in [-0.2, 0) is 10.0 Å². The Hall–Kier alpha value is -1.60. The Bertz CT molecular complexity index is 647. The third-order valence-corrected chi connectivity index (χ3v) is 5.45. The summed E-state index contributed by atoms with van der Waals surface area (Å²) < 4.78 is 32.9. The molecule has 1 aliphatic rings. The van der Waals surface area contributed by atoms with Gasteiger partial charge in [0.2, 0.25) is 10.0 Å². The summed E-state index contributed by atoms with van der Waals surface area (Å²) in [7, 11) is -2.49. The highest BCUT2D eigenvalue weighted by Gasteiger charge is 2.34. The minimum Gasteiger partial charge on any atom is -0.495 e. The number of aromatic carboxylic acids is 1. The van der Waals surface area contributed by atoms with Gasteiger partial charge in [-0.1, -0.05) is 12.8 Å². The van der Waals surface area contributed by atoms with Crippen LogP contribution in [0, 0.1) is 0 Å². The highest BCUT2D eigenvalue weighted by atomic mass is 32.2. The monoisotopic (exact) mass is 313 g/mol. The molecule has 0 unspecified atom stereocenters. The van der Waals surface area contributed by atoms with Crippen LogP contribution < -0.4 is 9.46 Å². The second-order valence-electron chi connectivity index (χ2n) is 5.54. The number of sulfonamides is 1. The maximum Gasteiger partial charge on any atom is 0.335 e. The molecule has 0 saturated heterocycles. The van der Waals surface area contributed by atoms with E-state index in [0.29, 0.717) is 0 Å². The van der Waals surface area contributed by atoms with Crippen LogP contribution in [0.15, 0.2) is 23.1 Å². The van der Waals surface area contributed by atoms with E-state index in [1.54, 1.807) is 0 Å². The van der Waals surface area contributed by atoms with Gasteiger partial charge in [0.25, 0.3) is 0 Å². The van der Waals surface area contributed by atoms with Crippen LogP contribution in [0.3, 0.4) is 0 Å². The Morgan fingerprint density at radius 3 is 2.48 bits per heavy atom. The molecule has 2 rings (SSSR count). The van der Waals surface area contributed by atoms with E-state index in [2.05, 4.69) is 4.72 Å². The molecule has 2 N–H and O–H groups in total. The number of methoxy groups -OCH3 is 1. The van der Waals surface area contributed by atoms with E-state index < -0.39 is 21.5 Å². The van der Waals surface area contributed by atoms with Gasteiger partial charge in [0.05, 0.1) is 12.7 Å². The number of hydrogen-bond acceptors (Lipinski definition) is 4. The lowest BCUT2D eigenvalue weighted by atomic mass is 10.0. The third kappa shape index (κ3) is 3.36. The molecule has 0 atom stereocenters. The van der Waals surface area contributed by atoms with Crippen molar-refractivity contribution >= 4 is 16.0 Å². The van der Waals surface area contributed by atoms with E-state index in [4.69, 9.17) is 9.84 Å². The average Bonchev–Trinajstić information content (AvgIpc) is 2.83. The molecule has 0 spiro atoms. The van der Waals surface area contributed by atoms with Gasteiger partial charge in [-0.2, -0.15) is 0 Å². The SMILES string of the molecule is COc1ccc(C(=O)O)cc1S(=O)(=O)NC1(C)CCCC1. The van der Waals surface area contributed by atoms with Gasteiger partial charge in [0.1, 0.15) is 10.6 Å². The maximum atomic E-state index is 12.6. The summed E-state index contributed by atoms with van der Waals surface area (Å²) in [6, 6.07) is 3.80. The van der Waals surface area contributed by atoms with Gasteiger partial charge < -0.3 is 9.84 Å². The predicted octanol–water partition coefficient (Wildman–Crippen LogP) is 2.00. The summed E-state index contributed by atoms with van der Waals surface area (Å²) >= 11 is 0. The Morgan fingerprint density at radius 2 is 1.95 bits per heavy atom. The molecule has 0 heterocycles. The Labute approximate surface area is 124 Å². The largest absolute Gasteiger partial charge is 0.495 e. The lowest BCUT2D eigenvalue weighted by molar-refractivity contribution is 0.0696. The van der Waals surface area contributed by atoms with E-state index in [-0.39, 0.29) is 16.2 Å². The molecule has 0 aromatic heterocycles. The zero-order valence-corrected chi connectivity index (χ0v) is 12.9. The molecular weight excluding hydrogens is 294 g/mol. The molecule has 21 heavy (non-hydrogen) atoms. The van der Waals surface area contributed by atoms with Gasteiger partial charge in [0.15, 0.2) is 0 Å². The Morgan fingerprint density at radius 1 is 1.33 bits per heavy atom. The molecule has 1 aliphatic carbocycles. The molecular formula is C14H19NO5S. The summed E-state index contributed by atoms with van der Waals surface area (Å²) in [5.74, 6) is -1.05. The van der Waals surface area contributed by atoms with Crippen LogP contribution in [0.25, 0.3) is 0 Å². The van der Waals surface area contributed by atoms with Crippen LogP contribution in [0.4, 0.5) is 0 Å². The normalized spacial score (nSPS) is 17.6. The van der Waals surface area contributed by atoms with E-state index >= 15 is 0 Å². The van der Waals surface area contributed by atoms with E-state index in [1.165, 1.54) is 19.2 Å². The van der Waals surface area contributed by atoms with Gasteiger partial charge in [-0.15, -0.1) is 0 Å². The van der Waals surface area contributed by atoms with Crippen molar-refractivity contribution in [1.82, 2.24) is 4.72 Å². The lowest BCUT2D eigenvalue weighted by Crippen LogP contribution is -2.43. The fourth-order valence-electron chi connectivity index (χ4n) is 2.66. The van der Waals surface area contributed by atoms with Gasteiger partial charge in [-0.3, -0.25) is 0 Å². The van der Waals surface area contributed by atoms with Crippen LogP contribution in [0.5, 0.6) is 5.75 Å². The molecule has 1 saturated carbocycles. The van der Waals surface area contributed by atoms with Crippen LogP contribution in [0.1, 0.15) is 43.0 Å². The van der Waals surface area contributed by atoms with Crippen molar-refractivity contribution < 1.29 is 23.1 Å². The van der Waals surface area contributed by atoms with Crippen molar-refractivity contribution in [3.63, 3.8) is 0 Å². The fourth-order valence-corrected chi connectivity index (χ4v) is 4.32.